The summed E-state index contributed by atoms with van der Waals surface area (Å²) in [6.45, 7) is 5.06. The topological polar surface area (TPSA) is 35.9 Å². The first kappa shape index (κ1) is 20.7. The van der Waals surface area contributed by atoms with E-state index in [9.17, 15) is 4.79 Å². The lowest BCUT2D eigenvalue weighted by Gasteiger charge is -2.30. The quantitative estimate of drug-likeness (QED) is 0.489. The maximum atomic E-state index is 13.8. The van der Waals surface area contributed by atoms with Crippen molar-refractivity contribution < 1.29 is 4.79 Å². The molecule has 0 atom stereocenters. The number of rotatable bonds is 3. The van der Waals surface area contributed by atoms with Gasteiger partial charge in [-0.2, -0.15) is 0 Å². The van der Waals surface area contributed by atoms with Crippen molar-refractivity contribution >= 4 is 46.0 Å². The van der Waals surface area contributed by atoms with Crippen LogP contribution in [0.25, 0.3) is 0 Å². The predicted molar refractivity (Wildman–Crippen MR) is 132 cm³/mol. The highest BCUT2D eigenvalue weighted by atomic mass is 32.2. The van der Waals surface area contributed by atoms with Crippen molar-refractivity contribution in [2.75, 3.05) is 11.4 Å². The van der Waals surface area contributed by atoms with E-state index in [1.54, 1.807) is 23.5 Å². The van der Waals surface area contributed by atoms with Gasteiger partial charge in [0, 0.05) is 17.5 Å². The molecule has 4 nitrogen and oxygen atoms in total. The highest BCUT2D eigenvalue weighted by molar-refractivity contribution is 8.19. The molecule has 2 heterocycles. The second-order valence-corrected chi connectivity index (χ2v) is 10.3. The number of para-hydroxylation sites is 1. The van der Waals surface area contributed by atoms with Crippen molar-refractivity contribution in [3.05, 3.63) is 64.0 Å². The van der Waals surface area contributed by atoms with E-state index in [-0.39, 0.29) is 11.9 Å². The number of fused-ring (bicyclic) bond motifs is 1. The first-order chi connectivity index (χ1) is 15.2. The van der Waals surface area contributed by atoms with Crippen molar-refractivity contribution in [1.29, 1.82) is 0 Å². The predicted octanol–water partition coefficient (Wildman–Crippen LogP) is 6.69. The van der Waals surface area contributed by atoms with Crippen LogP contribution in [0.2, 0.25) is 0 Å². The van der Waals surface area contributed by atoms with Crippen LogP contribution in [-0.4, -0.2) is 28.6 Å². The van der Waals surface area contributed by atoms with Crippen molar-refractivity contribution in [2.45, 2.75) is 56.9 Å². The first-order valence-corrected chi connectivity index (χ1v) is 12.7. The summed E-state index contributed by atoms with van der Waals surface area (Å²) >= 11 is 3.26. The van der Waals surface area contributed by atoms with Gasteiger partial charge < -0.3 is 4.90 Å². The minimum atomic E-state index is 0.122. The molecule has 2 aromatic rings. The van der Waals surface area contributed by atoms with E-state index in [0.29, 0.717) is 0 Å². The Morgan fingerprint density at radius 3 is 2.48 bits per heavy atom. The van der Waals surface area contributed by atoms with E-state index >= 15 is 0 Å². The second-order valence-electron chi connectivity index (χ2n) is 8.25. The fourth-order valence-electron chi connectivity index (χ4n) is 4.50. The summed E-state index contributed by atoms with van der Waals surface area (Å²) in [6, 6.07) is 16.9. The zero-order valence-corrected chi connectivity index (χ0v) is 19.6. The van der Waals surface area contributed by atoms with E-state index in [2.05, 4.69) is 55.1 Å². The van der Waals surface area contributed by atoms with Gasteiger partial charge in [0.1, 0.15) is 9.93 Å². The number of hydrogen-bond donors (Lipinski definition) is 0. The number of amidine groups is 1. The van der Waals surface area contributed by atoms with Gasteiger partial charge in [0.2, 0.25) is 0 Å². The minimum absolute atomic E-state index is 0.122. The molecule has 2 aliphatic heterocycles. The van der Waals surface area contributed by atoms with Crippen LogP contribution < -0.4 is 4.90 Å². The highest BCUT2D eigenvalue weighted by Gasteiger charge is 2.42. The molecule has 0 bridgehead atoms. The molecule has 0 aromatic heterocycles. The molecule has 2 fully saturated rings. The molecular weight excluding hydrogens is 422 g/mol. The Labute approximate surface area is 192 Å². The van der Waals surface area contributed by atoms with E-state index in [1.807, 2.05) is 17.0 Å². The molecule has 1 amide bonds. The molecule has 1 saturated heterocycles. The van der Waals surface area contributed by atoms with Crippen LogP contribution in [0.3, 0.4) is 0 Å². The third-order valence-corrected chi connectivity index (χ3v) is 8.48. The molecule has 0 unspecified atom stereocenters. The van der Waals surface area contributed by atoms with Crippen LogP contribution >= 0.6 is 23.5 Å². The number of anilines is 1. The fourth-order valence-corrected chi connectivity index (χ4v) is 6.95. The standard InChI is InChI=1S/C25H27N3OS2/c1-3-27-20-11-7-8-12-21(20)30-24(27)22-23(29)28(19-9-5-4-6-10-19)25(31-22)26-18-15-13-17(2)14-16-18/h7-8,11-16,19H,3-6,9-10H2,1-2H3. The monoisotopic (exact) mass is 449 g/mol. The Kier molecular flexibility index (Phi) is 5.85. The number of hydrogen-bond acceptors (Lipinski definition) is 5. The van der Waals surface area contributed by atoms with Gasteiger partial charge in [0.05, 0.1) is 11.4 Å². The third-order valence-electron chi connectivity index (χ3n) is 6.13. The molecule has 0 radical (unpaired) electrons. The summed E-state index contributed by atoms with van der Waals surface area (Å²) in [4.78, 5) is 25.0. The summed E-state index contributed by atoms with van der Waals surface area (Å²) < 4.78 is 0. The molecule has 6 heteroatoms. The lowest BCUT2D eigenvalue weighted by atomic mass is 9.94. The molecule has 0 N–H and O–H groups in total. The van der Waals surface area contributed by atoms with Crippen LogP contribution in [0.1, 0.15) is 44.6 Å². The van der Waals surface area contributed by atoms with E-state index in [1.165, 1.54) is 35.4 Å². The number of thioether (sulfide) groups is 2. The molecule has 3 aliphatic rings. The number of nitrogens with zero attached hydrogens (tertiary/aromatic N) is 3. The van der Waals surface area contributed by atoms with Gasteiger partial charge >= 0.3 is 0 Å². The van der Waals surface area contributed by atoms with Crippen LogP contribution in [0, 0.1) is 6.92 Å². The number of benzene rings is 2. The number of aliphatic imine (C=N–C) groups is 1. The smallest absolute Gasteiger partial charge is 0.269 e. The Bertz CT molecular complexity index is 1050. The molecular formula is C25H27N3OS2. The van der Waals surface area contributed by atoms with Gasteiger partial charge in [0.25, 0.3) is 5.91 Å². The van der Waals surface area contributed by atoms with Crippen LogP contribution in [0.4, 0.5) is 11.4 Å². The first-order valence-electron chi connectivity index (χ1n) is 11.1. The summed E-state index contributed by atoms with van der Waals surface area (Å²) in [5.74, 6) is 0.122. The summed E-state index contributed by atoms with van der Waals surface area (Å²) in [5, 5.41) is 1.88. The normalized spacial score (nSPS) is 23.2. The zero-order valence-electron chi connectivity index (χ0n) is 18.0. The van der Waals surface area contributed by atoms with Gasteiger partial charge in [-0.15, -0.1) is 0 Å². The fraction of sp³-hybridized carbons (Fsp3) is 0.360. The minimum Gasteiger partial charge on any atom is -0.334 e. The molecule has 2 aromatic carbocycles. The number of amides is 1. The van der Waals surface area contributed by atoms with Gasteiger partial charge in [-0.25, -0.2) is 4.99 Å². The molecule has 0 spiro atoms. The van der Waals surface area contributed by atoms with E-state index in [4.69, 9.17) is 4.99 Å². The van der Waals surface area contributed by atoms with Gasteiger partial charge in [-0.1, -0.05) is 60.9 Å². The molecule has 1 aliphatic carbocycles. The van der Waals surface area contributed by atoms with Crippen LogP contribution in [0.5, 0.6) is 0 Å². The van der Waals surface area contributed by atoms with Crippen molar-refractivity contribution in [3.63, 3.8) is 0 Å². The summed E-state index contributed by atoms with van der Waals surface area (Å²) in [6.07, 6.45) is 5.76. The molecule has 5 rings (SSSR count). The maximum Gasteiger partial charge on any atom is 0.269 e. The lowest BCUT2D eigenvalue weighted by molar-refractivity contribution is -0.124. The van der Waals surface area contributed by atoms with E-state index < -0.39 is 0 Å². The Hall–Kier alpha value is -2.18. The van der Waals surface area contributed by atoms with E-state index in [0.717, 1.165) is 40.2 Å². The molecule has 1 saturated carbocycles. The Morgan fingerprint density at radius 1 is 1.00 bits per heavy atom. The van der Waals surface area contributed by atoms with Gasteiger partial charge in [-0.3, -0.25) is 9.69 Å². The van der Waals surface area contributed by atoms with Crippen molar-refractivity contribution in [1.82, 2.24) is 4.90 Å². The van der Waals surface area contributed by atoms with Crippen molar-refractivity contribution in [2.24, 2.45) is 4.99 Å². The Balaban J connectivity index is 1.56. The number of carbonyl (C=O) groups is 1. The lowest BCUT2D eigenvalue weighted by Crippen LogP contribution is -2.40. The second kappa shape index (κ2) is 8.75. The molecule has 31 heavy (non-hydrogen) atoms. The average molecular weight is 450 g/mol. The van der Waals surface area contributed by atoms with Gasteiger partial charge in [-0.05, 0) is 62.7 Å². The summed E-state index contributed by atoms with van der Waals surface area (Å²) in [5.41, 5.74) is 3.31. The SMILES string of the molecule is CCN1C(=C2SC(=Nc3ccc(C)cc3)N(C3CCCCC3)C2=O)Sc2ccccc21. The number of aryl methyl sites for hydroxylation is 1. The Morgan fingerprint density at radius 2 is 1.74 bits per heavy atom. The average Bonchev–Trinajstić information content (AvgIpc) is 3.32. The zero-order chi connectivity index (χ0) is 21.4. The third kappa shape index (κ3) is 3.92. The molecule has 160 valence electrons. The van der Waals surface area contributed by atoms with Gasteiger partial charge in [0.15, 0.2) is 5.17 Å². The van der Waals surface area contributed by atoms with Crippen LogP contribution in [-0.2, 0) is 4.79 Å². The number of carbonyl (C=O) groups excluding carboxylic acids is 1. The summed E-state index contributed by atoms with van der Waals surface area (Å²) in [7, 11) is 0. The maximum absolute atomic E-state index is 13.8. The van der Waals surface area contributed by atoms with Crippen LogP contribution in [0.15, 0.2) is 68.4 Å². The highest BCUT2D eigenvalue weighted by Crippen LogP contribution is 2.51. The van der Waals surface area contributed by atoms with Crippen molar-refractivity contribution in [3.8, 4) is 0 Å². The largest absolute Gasteiger partial charge is 0.334 e.